The lowest BCUT2D eigenvalue weighted by atomic mass is 9.54. The molecule has 0 amide bonds. The number of hydrogen-bond donors (Lipinski definition) is 1. The molecule has 0 radical (unpaired) electrons. The van der Waals surface area contributed by atoms with Gasteiger partial charge in [-0.1, -0.05) is 29.8 Å². The zero-order valence-electron chi connectivity index (χ0n) is 21.1. The van der Waals surface area contributed by atoms with Crippen LogP contribution in [-0.4, -0.2) is 17.8 Å². The molecule has 0 unspecified atom stereocenters. The van der Waals surface area contributed by atoms with Crippen molar-refractivity contribution in [2.24, 2.45) is 23.7 Å². The van der Waals surface area contributed by atoms with Gasteiger partial charge in [0.15, 0.2) is 11.3 Å². The fourth-order valence-electron chi connectivity index (χ4n) is 6.99. The molecular formula is C30H28ClN3O3. The van der Waals surface area contributed by atoms with E-state index in [0.29, 0.717) is 28.5 Å². The van der Waals surface area contributed by atoms with E-state index in [0.717, 1.165) is 17.6 Å². The summed E-state index contributed by atoms with van der Waals surface area (Å²) >= 11 is 6.73. The van der Waals surface area contributed by atoms with E-state index in [1.165, 1.54) is 37.7 Å². The zero-order chi connectivity index (χ0) is 26.5. The first-order valence-electron chi connectivity index (χ1n) is 12.6. The van der Waals surface area contributed by atoms with Gasteiger partial charge in [-0.2, -0.15) is 15.8 Å². The maximum absolute atomic E-state index is 11.0. The molecule has 5 aliphatic rings. The molecule has 4 saturated carbocycles. The number of phenols is 1. The number of rotatable bonds is 4. The molecule has 1 aromatic carbocycles. The number of allylic oxidation sites excluding steroid dienone is 3. The molecule has 0 spiro atoms. The van der Waals surface area contributed by atoms with Crippen molar-refractivity contribution in [3.05, 3.63) is 62.4 Å². The highest BCUT2D eigenvalue weighted by molar-refractivity contribution is 6.34. The number of nitriles is 3. The molecule has 0 aromatic heterocycles. The number of hydrogen-bond acceptors (Lipinski definition) is 6. The Morgan fingerprint density at radius 1 is 1.05 bits per heavy atom. The Kier molecular flexibility index (Phi) is 6.31. The van der Waals surface area contributed by atoms with Crippen LogP contribution in [0.3, 0.4) is 0 Å². The largest absolute Gasteiger partial charge is 0.506 e. The number of benzene rings is 1. The van der Waals surface area contributed by atoms with Crippen molar-refractivity contribution < 1.29 is 14.6 Å². The van der Waals surface area contributed by atoms with Crippen LogP contribution in [0.4, 0.5) is 0 Å². The lowest BCUT2D eigenvalue weighted by Crippen LogP contribution is -2.40. The topological polar surface area (TPSA) is 110 Å². The summed E-state index contributed by atoms with van der Waals surface area (Å²) in [4.78, 5) is 0. The molecule has 37 heavy (non-hydrogen) atoms. The molecule has 4 aliphatic carbocycles. The van der Waals surface area contributed by atoms with Crippen molar-refractivity contribution >= 4 is 23.4 Å². The summed E-state index contributed by atoms with van der Waals surface area (Å²) in [6.45, 7) is 3.50. The van der Waals surface area contributed by atoms with Crippen LogP contribution in [0.25, 0.3) is 11.8 Å². The lowest BCUT2D eigenvalue weighted by molar-refractivity contribution is 0.0675. The van der Waals surface area contributed by atoms with E-state index in [2.05, 4.69) is 6.07 Å². The average Bonchev–Trinajstić information content (AvgIpc) is 3.12. The summed E-state index contributed by atoms with van der Waals surface area (Å²) in [6, 6.07) is 9.29. The highest BCUT2D eigenvalue weighted by Crippen LogP contribution is 2.58. The predicted molar refractivity (Wildman–Crippen MR) is 139 cm³/mol. The fourth-order valence-corrected chi connectivity index (χ4v) is 7.25. The first-order valence-corrected chi connectivity index (χ1v) is 13.0. The number of nitrogens with zero attached hydrogens (tertiary/aromatic N) is 3. The molecule has 0 saturated heterocycles. The van der Waals surface area contributed by atoms with Crippen molar-refractivity contribution in [2.45, 2.75) is 51.6 Å². The van der Waals surface area contributed by atoms with Crippen LogP contribution in [0, 0.1) is 57.7 Å². The van der Waals surface area contributed by atoms with Gasteiger partial charge in [-0.3, -0.25) is 0 Å². The zero-order valence-corrected chi connectivity index (χ0v) is 21.9. The number of halogens is 1. The van der Waals surface area contributed by atoms with Gasteiger partial charge in [0, 0.05) is 16.7 Å². The summed E-state index contributed by atoms with van der Waals surface area (Å²) in [5, 5.41) is 39.5. The van der Waals surface area contributed by atoms with Crippen LogP contribution < -0.4 is 0 Å². The van der Waals surface area contributed by atoms with Crippen molar-refractivity contribution in [2.75, 3.05) is 7.11 Å². The van der Waals surface area contributed by atoms with Crippen molar-refractivity contribution in [3.63, 3.8) is 0 Å². The van der Waals surface area contributed by atoms with Gasteiger partial charge in [0.2, 0.25) is 0 Å². The summed E-state index contributed by atoms with van der Waals surface area (Å²) in [5.41, 5.74) is 1.95. The van der Waals surface area contributed by atoms with Gasteiger partial charge in [0.05, 0.1) is 12.1 Å². The molecule has 6 nitrogen and oxygen atoms in total. The number of phenolic OH excluding ortho intramolecular Hbond substituents is 1. The van der Waals surface area contributed by atoms with E-state index >= 15 is 0 Å². The first-order chi connectivity index (χ1) is 17.7. The SMILES string of the molecule is COC(=C1C2CC3CC(C2)CC1C3)c1ccc(/C=C/C2=C(C#N)C(=C(C#N)C#N)OC2(C)C)c(O)c1Cl. The average molecular weight is 514 g/mol. The Balaban J connectivity index is 1.53. The van der Waals surface area contributed by atoms with Crippen LogP contribution in [0.5, 0.6) is 5.75 Å². The van der Waals surface area contributed by atoms with E-state index < -0.39 is 5.60 Å². The van der Waals surface area contributed by atoms with Crippen LogP contribution in [0.2, 0.25) is 5.02 Å². The van der Waals surface area contributed by atoms with Crippen LogP contribution in [-0.2, 0) is 9.47 Å². The van der Waals surface area contributed by atoms with Gasteiger partial charge in [0.25, 0.3) is 0 Å². The molecule has 0 atom stereocenters. The summed E-state index contributed by atoms with van der Waals surface area (Å²) < 4.78 is 11.7. The lowest BCUT2D eigenvalue weighted by Gasteiger charge is -2.51. The highest BCUT2D eigenvalue weighted by atomic mass is 35.5. The van der Waals surface area contributed by atoms with Crippen molar-refractivity contribution in [3.8, 4) is 24.0 Å². The maximum Gasteiger partial charge on any atom is 0.172 e. The molecular weight excluding hydrogens is 486 g/mol. The highest BCUT2D eigenvalue weighted by Gasteiger charge is 2.47. The molecule has 1 aliphatic heterocycles. The Bertz CT molecular complexity index is 1380. The van der Waals surface area contributed by atoms with E-state index in [-0.39, 0.29) is 27.7 Å². The fraction of sp³-hybridized carbons (Fsp3) is 0.433. The third kappa shape index (κ3) is 4.09. The monoisotopic (exact) mass is 513 g/mol. The normalized spacial score (nSPS) is 27.1. The molecule has 6 rings (SSSR count). The number of methoxy groups -OCH3 is 1. The third-order valence-corrected chi connectivity index (χ3v) is 8.75. The minimum Gasteiger partial charge on any atom is -0.506 e. The van der Waals surface area contributed by atoms with Gasteiger partial charge in [-0.25, -0.2) is 0 Å². The Labute approximate surface area is 222 Å². The second-order valence-corrected chi connectivity index (χ2v) is 11.3. The number of ether oxygens (including phenoxy) is 2. The molecule has 1 N–H and O–H groups in total. The molecule has 1 heterocycles. The van der Waals surface area contributed by atoms with E-state index in [1.807, 2.05) is 6.07 Å². The summed E-state index contributed by atoms with van der Waals surface area (Å²) in [7, 11) is 1.68. The smallest absolute Gasteiger partial charge is 0.172 e. The second kappa shape index (κ2) is 9.33. The van der Waals surface area contributed by atoms with E-state index in [4.69, 9.17) is 21.1 Å². The first kappa shape index (κ1) is 25.0. The minimum absolute atomic E-state index is 0.0261. The number of aromatic hydroxyl groups is 1. The van der Waals surface area contributed by atoms with Crippen LogP contribution in [0.1, 0.15) is 57.1 Å². The van der Waals surface area contributed by atoms with Crippen LogP contribution in [0.15, 0.2) is 46.3 Å². The van der Waals surface area contributed by atoms with Gasteiger partial charge < -0.3 is 14.6 Å². The summed E-state index contributed by atoms with van der Waals surface area (Å²) in [5.74, 6) is 3.39. The Morgan fingerprint density at radius 2 is 1.68 bits per heavy atom. The molecule has 4 fully saturated rings. The van der Waals surface area contributed by atoms with Crippen LogP contribution >= 0.6 is 11.6 Å². The van der Waals surface area contributed by atoms with E-state index in [1.54, 1.807) is 51.3 Å². The molecule has 4 bridgehead atoms. The Morgan fingerprint density at radius 3 is 2.22 bits per heavy atom. The molecule has 1 aromatic rings. The second-order valence-electron chi connectivity index (χ2n) is 10.9. The maximum atomic E-state index is 11.0. The van der Waals surface area contributed by atoms with Crippen molar-refractivity contribution in [1.82, 2.24) is 0 Å². The standard InChI is InChI=1S/C30H28ClN3O3/c1-30(2)24(23(15-34)28(37-30)21(13-32)14-33)7-5-18-4-6-22(26(31)27(18)35)29(36-3)25-19-9-16-8-17(11-19)12-20(25)10-16/h4-7,16-17,19-20,35H,8-12H2,1-3H3/b7-5+,29-25?. The van der Waals surface area contributed by atoms with Gasteiger partial charge >= 0.3 is 0 Å². The van der Waals surface area contributed by atoms with Gasteiger partial charge in [-0.05, 0) is 81.3 Å². The Hall–Kier alpha value is -3.66. The third-order valence-electron chi connectivity index (χ3n) is 8.37. The van der Waals surface area contributed by atoms with E-state index in [9.17, 15) is 20.9 Å². The minimum atomic E-state index is -0.942. The van der Waals surface area contributed by atoms with Gasteiger partial charge in [0.1, 0.15) is 40.9 Å². The molecule has 188 valence electrons. The quantitative estimate of drug-likeness (QED) is 0.350. The van der Waals surface area contributed by atoms with Gasteiger partial charge in [-0.15, -0.1) is 0 Å². The summed E-state index contributed by atoms with van der Waals surface area (Å²) in [6.07, 6.45) is 9.53. The predicted octanol–water partition coefficient (Wildman–Crippen LogP) is 6.80. The molecule has 7 heteroatoms. The van der Waals surface area contributed by atoms with Crippen molar-refractivity contribution in [1.29, 1.82) is 15.8 Å².